The lowest BCUT2D eigenvalue weighted by Gasteiger charge is -2.06. The predicted octanol–water partition coefficient (Wildman–Crippen LogP) is 4.49. The SMILES string of the molecule is O=S(=O)(CCc1c[nH]nn1)Cc1ccc(OCc2coc(C=Cc3ccc(Cl)cc3F)n2)cc1. The normalized spacial score (nSPS) is 11.8. The highest BCUT2D eigenvalue weighted by Crippen LogP contribution is 2.19. The molecular formula is C23H20ClFN4O4S. The van der Waals surface area contributed by atoms with Crippen molar-refractivity contribution in [3.05, 3.63) is 94.2 Å². The first-order valence-corrected chi connectivity index (χ1v) is 12.4. The van der Waals surface area contributed by atoms with Gasteiger partial charge in [-0.3, -0.25) is 5.10 Å². The number of hydrogen-bond donors (Lipinski definition) is 1. The fourth-order valence-corrected chi connectivity index (χ4v) is 4.56. The first-order valence-electron chi connectivity index (χ1n) is 10.2. The van der Waals surface area contributed by atoms with Gasteiger partial charge in [-0.15, -0.1) is 5.10 Å². The molecule has 0 bridgehead atoms. The van der Waals surface area contributed by atoms with Crippen LogP contribution in [0.4, 0.5) is 4.39 Å². The number of sulfone groups is 1. The van der Waals surface area contributed by atoms with Gasteiger partial charge in [-0.1, -0.05) is 35.0 Å². The van der Waals surface area contributed by atoms with E-state index in [4.69, 9.17) is 20.8 Å². The molecular weight excluding hydrogens is 483 g/mol. The Bertz CT molecular complexity index is 1370. The standard InChI is InChI=1S/C23H20ClFN4O4S/c24-18-5-3-17(22(25)11-18)4-8-23-27-20(14-33-23)13-32-21-6-1-16(2-7-21)15-34(30,31)10-9-19-12-26-29-28-19/h1-8,11-12,14H,9-10,13,15H2,(H,26,28,29). The second-order valence-electron chi connectivity index (χ2n) is 7.42. The van der Waals surface area contributed by atoms with E-state index in [1.807, 2.05) is 0 Å². The van der Waals surface area contributed by atoms with Gasteiger partial charge in [0.15, 0.2) is 9.84 Å². The zero-order valence-electron chi connectivity index (χ0n) is 17.8. The van der Waals surface area contributed by atoms with Gasteiger partial charge in [-0.05, 0) is 35.9 Å². The summed E-state index contributed by atoms with van der Waals surface area (Å²) in [4.78, 5) is 4.28. The Morgan fingerprint density at radius 2 is 1.94 bits per heavy atom. The second kappa shape index (κ2) is 10.6. The second-order valence-corrected chi connectivity index (χ2v) is 10.0. The Morgan fingerprint density at radius 1 is 1.12 bits per heavy atom. The van der Waals surface area contributed by atoms with Gasteiger partial charge in [-0.25, -0.2) is 17.8 Å². The Labute approximate surface area is 200 Å². The first-order chi connectivity index (χ1) is 16.4. The topological polar surface area (TPSA) is 111 Å². The van der Waals surface area contributed by atoms with Gasteiger partial charge in [0, 0.05) is 29.3 Å². The maximum Gasteiger partial charge on any atom is 0.218 e. The van der Waals surface area contributed by atoms with Crippen LogP contribution in [0, 0.1) is 5.82 Å². The van der Waals surface area contributed by atoms with Gasteiger partial charge in [0.25, 0.3) is 0 Å². The molecule has 2 heterocycles. The number of hydrogen-bond acceptors (Lipinski definition) is 7. The largest absolute Gasteiger partial charge is 0.487 e. The van der Waals surface area contributed by atoms with Crippen molar-refractivity contribution in [1.82, 2.24) is 20.4 Å². The molecule has 176 valence electrons. The number of aryl methyl sites for hydroxylation is 1. The van der Waals surface area contributed by atoms with E-state index in [1.165, 1.54) is 12.3 Å². The highest BCUT2D eigenvalue weighted by molar-refractivity contribution is 7.90. The number of aromatic amines is 1. The lowest BCUT2D eigenvalue weighted by atomic mass is 10.2. The van der Waals surface area contributed by atoms with Crippen molar-refractivity contribution in [2.24, 2.45) is 0 Å². The summed E-state index contributed by atoms with van der Waals surface area (Å²) in [7, 11) is -3.29. The van der Waals surface area contributed by atoms with Crippen LogP contribution in [0.1, 0.15) is 28.4 Å². The van der Waals surface area contributed by atoms with Crippen LogP contribution in [-0.4, -0.2) is 34.6 Å². The Hall–Kier alpha value is -3.50. The van der Waals surface area contributed by atoms with Crippen LogP contribution in [0.15, 0.2) is 59.3 Å². The van der Waals surface area contributed by atoms with Crippen LogP contribution in [0.25, 0.3) is 12.2 Å². The number of nitrogens with zero attached hydrogens (tertiary/aromatic N) is 3. The van der Waals surface area contributed by atoms with Crippen LogP contribution >= 0.6 is 11.6 Å². The predicted molar refractivity (Wildman–Crippen MR) is 125 cm³/mol. The van der Waals surface area contributed by atoms with Gasteiger partial charge in [0.2, 0.25) is 5.89 Å². The van der Waals surface area contributed by atoms with Gasteiger partial charge >= 0.3 is 0 Å². The third kappa shape index (κ3) is 6.75. The molecule has 4 aromatic rings. The summed E-state index contributed by atoms with van der Waals surface area (Å²) in [5.74, 6) is 0.347. The van der Waals surface area contributed by atoms with E-state index in [9.17, 15) is 12.8 Å². The smallest absolute Gasteiger partial charge is 0.218 e. The van der Waals surface area contributed by atoms with E-state index < -0.39 is 15.7 Å². The number of halogens is 2. The molecule has 0 amide bonds. The summed E-state index contributed by atoms with van der Waals surface area (Å²) < 4.78 is 49.5. The molecule has 0 atom stereocenters. The molecule has 0 aliphatic carbocycles. The molecule has 0 unspecified atom stereocenters. The van der Waals surface area contributed by atoms with Crippen molar-refractivity contribution in [3.63, 3.8) is 0 Å². The summed E-state index contributed by atoms with van der Waals surface area (Å²) in [6.07, 6.45) is 6.43. The molecule has 0 saturated heterocycles. The van der Waals surface area contributed by atoms with E-state index >= 15 is 0 Å². The van der Waals surface area contributed by atoms with Crippen molar-refractivity contribution in [1.29, 1.82) is 0 Å². The zero-order chi connectivity index (χ0) is 24.0. The maximum atomic E-state index is 13.8. The third-order valence-corrected chi connectivity index (χ3v) is 6.61. The zero-order valence-corrected chi connectivity index (χ0v) is 19.4. The average molecular weight is 503 g/mol. The lowest BCUT2D eigenvalue weighted by Crippen LogP contribution is -2.11. The number of aromatic nitrogens is 4. The van der Waals surface area contributed by atoms with Gasteiger partial charge < -0.3 is 9.15 Å². The molecule has 1 N–H and O–H groups in total. The van der Waals surface area contributed by atoms with E-state index in [1.54, 1.807) is 54.7 Å². The molecule has 4 rings (SSSR count). The highest BCUT2D eigenvalue weighted by Gasteiger charge is 2.13. The summed E-state index contributed by atoms with van der Waals surface area (Å²) in [5, 5.41) is 10.2. The Balaban J connectivity index is 1.28. The van der Waals surface area contributed by atoms with E-state index in [0.717, 1.165) is 0 Å². The molecule has 0 spiro atoms. The fourth-order valence-electron chi connectivity index (χ4n) is 3.04. The van der Waals surface area contributed by atoms with Crippen molar-refractivity contribution < 1.29 is 22.0 Å². The number of nitrogens with one attached hydrogen (secondary N) is 1. The molecule has 0 aliphatic rings. The molecule has 11 heteroatoms. The summed E-state index contributed by atoms with van der Waals surface area (Å²) in [6.45, 7) is 0.155. The first kappa shape index (κ1) is 23.7. The molecule has 34 heavy (non-hydrogen) atoms. The summed E-state index contributed by atoms with van der Waals surface area (Å²) in [6, 6.07) is 11.2. The van der Waals surface area contributed by atoms with Gasteiger partial charge in [0.1, 0.15) is 30.1 Å². The Kier molecular flexibility index (Phi) is 7.39. The monoisotopic (exact) mass is 502 g/mol. The number of H-pyrrole nitrogens is 1. The quantitative estimate of drug-likeness (QED) is 0.340. The van der Waals surface area contributed by atoms with Crippen molar-refractivity contribution >= 4 is 33.6 Å². The summed E-state index contributed by atoms with van der Waals surface area (Å²) >= 11 is 5.75. The minimum absolute atomic E-state index is 0.00855. The molecule has 2 aromatic carbocycles. The maximum absolute atomic E-state index is 13.8. The van der Waals surface area contributed by atoms with Crippen LogP contribution in [0.3, 0.4) is 0 Å². The van der Waals surface area contributed by atoms with Gasteiger partial charge in [-0.2, -0.15) is 0 Å². The van der Waals surface area contributed by atoms with E-state index in [-0.39, 0.29) is 18.1 Å². The van der Waals surface area contributed by atoms with Crippen molar-refractivity contribution in [3.8, 4) is 5.75 Å². The van der Waals surface area contributed by atoms with E-state index in [2.05, 4.69) is 20.4 Å². The molecule has 0 radical (unpaired) electrons. The Morgan fingerprint density at radius 3 is 2.68 bits per heavy atom. The molecule has 0 saturated carbocycles. The van der Waals surface area contributed by atoms with Gasteiger partial charge in [0.05, 0.1) is 17.2 Å². The molecule has 0 aliphatic heterocycles. The molecule has 2 aromatic heterocycles. The van der Waals surface area contributed by atoms with Crippen LogP contribution < -0.4 is 4.74 Å². The average Bonchev–Trinajstić information content (AvgIpc) is 3.49. The van der Waals surface area contributed by atoms with E-state index in [0.29, 0.717) is 45.6 Å². The number of ether oxygens (including phenoxy) is 1. The number of oxazole rings is 1. The number of rotatable bonds is 10. The molecule has 8 nitrogen and oxygen atoms in total. The van der Waals surface area contributed by atoms with Crippen LogP contribution in [0.5, 0.6) is 5.75 Å². The number of benzene rings is 2. The minimum Gasteiger partial charge on any atom is -0.487 e. The minimum atomic E-state index is -3.29. The van der Waals surface area contributed by atoms with Crippen LogP contribution in [0.2, 0.25) is 5.02 Å². The highest BCUT2D eigenvalue weighted by atomic mass is 35.5. The summed E-state index contributed by atoms with van der Waals surface area (Å²) in [5.41, 5.74) is 2.18. The fraction of sp³-hybridized carbons (Fsp3) is 0.174. The van der Waals surface area contributed by atoms with Crippen LogP contribution in [-0.2, 0) is 28.6 Å². The molecule has 0 fully saturated rings. The lowest BCUT2D eigenvalue weighted by molar-refractivity contribution is 0.301. The van der Waals surface area contributed by atoms with Crippen molar-refractivity contribution in [2.75, 3.05) is 5.75 Å². The third-order valence-electron chi connectivity index (χ3n) is 4.77. The van der Waals surface area contributed by atoms with Crippen molar-refractivity contribution in [2.45, 2.75) is 18.8 Å².